The molecule has 1 saturated heterocycles. The molecule has 1 aromatic rings. The van der Waals surface area contributed by atoms with Gasteiger partial charge in [-0.3, -0.25) is 4.79 Å². The first kappa shape index (κ1) is 18.8. The molecule has 1 fully saturated rings. The lowest BCUT2D eigenvalue weighted by molar-refractivity contribution is -0.120. The van der Waals surface area contributed by atoms with Gasteiger partial charge < -0.3 is 14.8 Å². The maximum absolute atomic E-state index is 12.4. The fourth-order valence-corrected chi connectivity index (χ4v) is 3.71. The number of nitrogens with one attached hydrogen (secondary N) is 1. The summed E-state index contributed by atoms with van der Waals surface area (Å²) in [7, 11) is -0.207. The van der Waals surface area contributed by atoms with Gasteiger partial charge in [-0.2, -0.15) is 0 Å². The van der Waals surface area contributed by atoms with Crippen LogP contribution in [0.4, 0.5) is 5.69 Å². The van der Waals surface area contributed by atoms with Crippen molar-refractivity contribution in [1.29, 1.82) is 0 Å². The number of sulfonamides is 1. The fraction of sp³-hybridized carbons (Fsp3) is 0.533. The van der Waals surface area contributed by atoms with Crippen molar-refractivity contribution in [2.75, 3.05) is 38.9 Å². The van der Waals surface area contributed by atoms with Crippen LogP contribution in [-0.4, -0.2) is 52.2 Å². The van der Waals surface area contributed by atoms with Crippen LogP contribution >= 0.6 is 11.6 Å². The second-order valence-corrected chi connectivity index (χ2v) is 8.00. The van der Waals surface area contributed by atoms with Gasteiger partial charge in [0.25, 0.3) is 0 Å². The Balaban J connectivity index is 2.06. The van der Waals surface area contributed by atoms with Crippen molar-refractivity contribution in [3.8, 4) is 11.5 Å². The zero-order chi connectivity index (χ0) is 17.9. The minimum absolute atomic E-state index is 0.183. The van der Waals surface area contributed by atoms with Crippen LogP contribution in [0.25, 0.3) is 0 Å². The molecule has 1 heterocycles. The molecule has 0 aliphatic carbocycles. The quantitative estimate of drug-likeness (QED) is 0.849. The highest BCUT2D eigenvalue weighted by Crippen LogP contribution is 2.36. The number of piperidine rings is 1. The van der Waals surface area contributed by atoms with Gasteiger partial charge in [-0.15, -0.1) is 0 Å². The average molecular weight is 377 g/mol. The van der Waals surface area contributed by atoms with E-state index in [1.54, 1.807) is 12.1 Å². The predicted molar refractivity (Wildman–Crippen MR) is 92.3 cm³/mol. The topological polar surface area (TPSA) is 84.9 Å². The van der Waals surface area contributed by atoms with Crippen molar-refractivity contribution in [3.63, 3.8) is 0 Å². The number of methoxy groups -OCH3 is 2. The Labute approximate surface area is 146 Å². The van der Waals surface area contributed by atoms with Crippen LogP contribution in [0.1, 0.15) is 12.8 Å². The molecule has 1 N–H and O–H groups in total. The summed E-state index contributed by atoms with van der Waals surface area (Å²) in [6.07, 6.45) is 2.13. The molecule has 1 amide bonds. The van der Waals surface area contributed by atoms with E-state index in [1.165, 1.54) is 24.8 Å². The zero-order valence-corrected chi connectivity index (χ0v) is 15.4. The third-order valence-corrected chi connectivity index (χ3v) is 5.64. The largest absolute Gasteiger partial charge is 0.493 e. The average Bonchev–Trinajstić information content (AvgIpc) is 2.55. The number of nitrogens with zero attached hydrogens (tertiary/aromatic N) is 1. The molecule has 1 aliphatic heterocycles. The number of rotatable bonds is 5. The van der Waals surface area contributed by atoms with E-state index < -0.39 is 10.0 Å². The Kier molecular flexibility index (Phi) is 5.95. The minimum Gasteiger partial charge on any atom is -0.493 e. The molecule has 0 unspecified atom stereocenters. The molecule has 0 aromatic heterocycles. The lowest BCUT2D eigenvalue weighted by atomic mass is 9.97. The molecule has 7 nitrogen and oxygen atoms in total. The molecular formula is C15H21ClN2O5S. The van der Waals surface area contributed by atoms with E-state index in [0.717, 1.165) is 0 Å². The van der Waals surface area contributed by atoms with E-state index in [0.29, 0.717) is 48.1 Å². The number of amides is 1. The van der Waals surface area contributed by atoms with Gasteiger partial charge in [-0.25, -0.2) is 12.7 Å². The number of carbonyl (C=O) groups is 1. The van der Waals surface area contributed by atoms with E-state index in [1.807, 2.05) is 0 Å². The van der Waals surface area contributed by atoms with Crippen LogP contribution in [0.2, 0.25) is 5.02 Å². The van der Waals surface area contributed by atoms with Crippen LogP contribution in [0.15, 0.2) is 12.1 Å². The van der Waals surface area contributed by atoms with Gasteiger partial charge in [-0.05, 0) is 12.8 Å². The van der Waals surface area contributed by atoms with Crippen molar-refractivity contribution in [3.05, 3.63) is 17.2 Å². The maximum Gasteiger partial charge on any atom is 0.227 e. The summed E-state index contributed by atoms with van der Waals surface area (Å²) in [4.78, 5) is 12.4. The van der Waals surface area contributed by atoms with Gasteiger partial charge in [0, 0.05) is 31.1 Å². The molecule has 24 heavy (non-hydrogen) atoms. The number of benzene rings is 1. The van der Waals surface area contributed by atoms with Crippen LogP contribution in [-0.2, 0) is 14.8 Å². The number of hydrogen-bond acceptors (Lipinski definition) is 5. The lowest BCUT2D eigenvalue weighted by Crippen LogP contribution is -2.40. The summed E-state index contributed by atoms with van der Waals surface area (Å²) in [5.74, 6) is 0.496. The standard InChI is InChI=1S/C15H21ClN2O5S/c1-22-13-8-11(16)12(9-14(13)23-2)17-15(19)10-4-6-18(7-5-10)24(3,20)21/h8-10H,4-7H2,1-3H3,(H,17,19). The normalized spacial score (nSPS) is 16.7. The first-order valence-corrected chi connectivity index (χ1v) is 9.66. The van der Waals surface area contributed by atoms with Crippen LogP contribution < -0.4 is 14.8 Å². The van der Waals surface area contributed by atoms with E-state index in [4.69, 9.17) is 21.1 Å². The van der Waals surface area contributed by atoms with E-state index in [9.17, 15) is 13.2 Å². The maximum atomic E-state index is 12.4. The Morgan fingerprint density at radius 2 is 1.75 bits per heavy atom. The highest BCUT2D eigenvalue weighted by atomic mass is 35.5. The molecule has 2 rings (SSSR count). The molecule has 1 aliphatic rings. The molecule has 9 heteroatoms. The molecule has 1 aromatic carbocycles. The fourth-order valence-electron chi connectivity index (χ4n) is 2.63. The summed E-state index contributed by atoms with van der Waals surface area (Å²) < 4.78 is 34.8. The van der Waals surface area contributed by atoms with Crippen LogP contribution in [0.5, 0.6) is 11.5 Å². The Hall–Kier alpha value is -1.51. The van der Waals surface area contributed by atoms with E-state index in [-0.39, 0.29) is 11.8 Å². The van der Waals surface area contributed by atoms with Crippen LogP contribution in [0.3, 0.4) is 0 Å². The number of hydrogen-bond donors (Lipinski definition) is 1. The Morgan fingerprint density at radius 1 is 1.21 bits per heavy atom. The molecule has 0 radical (unpaired) electrons. The van der Waals surface area contributed by atoms with Crippen LogP contribution in [0, 0.1) is 5.92 Å². The van der Waals surface area contributed by atoms with Gasteiger partial charge in [0.15, 0.2) is 11.5 Å². The number of carbonyl (C=O) groups excluding carboxylic acids is 1. The summed E-state index contributed by atoms with van der Waals surface area (Å²) in [5, 5.41) is 3.13. The third-order valence-electron chi connectivity index (χ3n) is 4.02. The lowest BCUT2D eigenvalue weighted by Gasteiger charge is -2.29. The summed E-state index contributed by atoms with van der Waals surface area (Å²) in [5.41, 5.74) is 0.435. The van der Waals surface area contributed by atoms with Crippen molar-refractivity contribution < 1.29 is 22.7 Å². The predicted octanol–water partition coefficient (Wildman–Crippen LogP) is 1.97. The highest BCUT2D eigenvalue weighted by Gasteiger charge is 2.29. The second-order valence-electron chi connectivity index (χ2n) is 5.61. The Bertz CT molecular complexity index is 715. The molecule has 0 bridgehead atoms. The SMILES string of the molecule is COc1cc(Cl)c(NC(=O)C2CCN(S(C)(=O)=O)CC2)cc1OC. The number of halogens is 1. The third kappa shape index (κ3) is 4.31. The van der Waals surface area contributed by atoms with Gasteiger partial charge in [0.1, 0.15) is 0 Å². The van der Waals surface area contributed by atoms with Gasteiger partial charge in [0.05, 0.1) is 31.2 Å². The van der Waals surface area contributed by atoms with Crippen molar-refractivity contribution in [2.45, 2.75) is 12.8 Å². The van der Waals surface area contributed by atoms with Crippen molar-refractivity contribution in [2.24, 2.45) is 5.92 Å². The van der Waals surface area contributed by atoms with E-state index in [2.05, 4.69) is 5.32 Å². The highest BCUT2D eigenvalue weighted by molar-refractivity contribution is 7.88. The summed E-state index contributed by atoms with van der Waals surface area (Å²) in [6.45, 7) is 0.688. The molecular weight excluding hydrogens is 356 g/mol. The first-order chi connectivity index (χ1) is 11.3. The number of anilines is 1. The first-order valence-electron chi connectivity index (χ1n) is 7.43. The van der Waals surface area contributed by atoms with Gasteiger partial charge >= 0.3 is 0 Å². The molecule has 0 atom stereocenters. The zero-order valence-electron chi connectivity index (χ0n) is 13.8. The summed E-state index contributed by atoms with van der Waals surface area (Å²) >= 11 is 6.17. The molecule has 0 saturated carbocycles. The summed E-state index contributed by atoms with van der Waals surface area (Å²) in [6, 6.07) is 3.17. The van der Waals surface area contributed by atoms with Crippen molar-refractivity contribution >= 4 is 33.2 Å². The minimum atomic E-state index is -3.21. The van der Waals surface area contributed by atoms with Gasteiger partial charge in [-0.1, -0.05) is 11.6 Å². The van der Waals surface area contributed by atoms with Crippen molar-refractivity contribution in [1.82, 2.24) is 4.31 Å². The van der Waals surface area contributed by atoms with Gasteiger partial charge in [0.2, 0.25) is 15.9 Å². The monoisotopic (exact) mass is 376 g/mol. The molecule has 0 spiro atoms. The smallest absolute Gasteiger partial charge is 0.227 e. The Morgan fingerprint density at radius 3 is 2.25 bits per heavy atom. The molecule has 134 valence electrons. The van der Waals surface area contributed by atoms with E-state index >= 15 is 0 Å². The second kappa shape index (κ2) is 7.58. The number of ether oxygens (including phenoxy) is 2.